The lowest BCUT2D eigenvalue weighted by Gasteiger charge is -2.31. The van der Waals surface area contributed by atoms with Crippen molar-refractivity contribution in [2.24, 2.45) is 5.92 Å². The first kappa shape index (κ1) is 18.7. The fourth-order valence-corrected chi connectivity index (χ4v) is 5.26. The molecule has 0 saturated carbocycles. The molecule has 0 spiro atoms. The van der Waals surface area contributed by atoms with Crippen molar-refractivity contribution in [2.45, 2.75) is 53.2 Å². The molecule has 5 heteroatoms. The smallest absolute Gasteiger partial charge is 0.309 e. The average molecular weight is 339 g/mol. The van der Waals surface area contributed by atoms with Crippen LogP contribution in [0.5, 0.6) is 0 Å². The van der Waals surface area contributed by atoms with Gasteiger partial charge in [0.25, 0.3) is 0 Å². The van der Waals surface area contributed by atoms with Gasteiger partial charge in [-0.2, -0.15) is 0 Å². The summed E-state index contributed by atoms with van der Waals surface area (Å²) in [5.74, 6) is 0.542. The lowest BCUT2D eigenvalue weighted by atomic mass is 10.0. The number of hydrogen-bond donors (Lipinski definition) is 0. The second-order valence-electron chi connectivity index (χ2n) is 6.59. The molecule has 1 aromatic carbocycles. The SMILES string of the molecule is CCOP(=O)(C[C@@H](CC(C)C)N1Cc2ccccc2C1)OCC. The maximum Gasteiger partial charge on any atom is 0.332 e. The van der Waals surface area contributed by atoms with Gasteiger partial charge in [-0.25, -0.2) is 0 Å². The van der Waals surface area contributed by atoms with Gasteiger partial charge in [0.1, 0.15) is 0 Å². The highest BCUT2D eigenvalue weighted by molar-refractivity contribution is 7.53. The Morgan fingerprint density at radius 1 is 1.09 bits per heavy atom. The summed E-state index contributed by atoms with van der Waals surface area (Å²) < 4.78 is 24.0. The fourth-order valence-electron chi connectivity index (χ4n) is 3.30. The lowest BCUT2D eigenvalue weighted by molar-refractivity contribution is 0.168. The largest absolute Gasteiger partial charge is 0.332 e. The molecule has 0 N–H and O–H groups in total. The monoisotopic (exact) mass is 339 g/mol. The van der Waals surface area contributed by atoms with E-state index in [1.807, 2.05) is 13.8 Å². The normalized spacial score (nSPS) is 16.7. The van der Waals surface area contributed by atoms with Gasteiger partial charge in [-0.05, 0) is 37.3 Å². The minimum Gasteiger partial charge on any atom is -0.309 e. The molecule has 0 aliphatic carbocycles. The Bertz CT molecular complexity index is 512. The minimum atomic E-state index is -3.02. The van der Waals surface area contributed by atoms with Crippen LogP contribution in [0.4, 0.5) is 0 Å². The molecule has 1 aliphatic rings. The molecule has 0 bridgehead atoms. The van der Waals surface area contributed by atoms with Crippen LogP contribution in [-0.2, 0) is 26.7 Å². The van der Waals surface area contributed by atoms with Gasteiger partial charge >= 0.3 is 7.60 Å². The van der Waals surface area contributed by atoms with E-state index in [1.165, 1.54) is 11.1 Å². The Morgan fingerprint density at radius 3 is 2.04 bits per heavy atom. The number of hydrogen-bond acceptors (Lipinski definition) is 4. The summed E-state index contributed by atoms with van der Waals surface area (Å²) in [5.41, 5.74) is 2.76. The van der Waals surface area contributed by atoms with Crippen LogP contribution in [-0.4, -0.2) is 30.3 Å². The maximum atomic E-state index is 13.0. The molecule has 1 heterocycles. The Balaban J connectivity index is 2.13. The molecule has 1 aromatic rings. The molecule has 4 nitrogen and oxygen atoms in total. The Hall–Kier alpha value is -0.670. The van der Waals surface area contributed by atoms with Gasteiger partial charge in [-0.15, -0.1) is 0 Å². The van der Waals surface area contributed by atoms with Gasteiger partial charge in [0.2, 0.25) is 0 Å². The van der Waals surface area contributed by atoms with E-state index < -0.39 is 7.60 Å². The quantitative estimate of drug-likeness (QED) is 0.612. The van der Waals surface area contributed by atoms with Gasteiger partial charge in [0.15, 0.2) is 0 Å². The van der Waals surface area contributed by atoms with Crippen LogP contribution >= 0.6 is 7.60 Å². The van der Waals surface area contributed by atoms with Gasteiger partial charge in [0, 0.05) is 19.1 Å². The summed E-state index contributed by atoms with van der Waals surface area (Å²) in [7, 11) is -3.02. The molecule has 2 rings (SSSR count). The highest BCUT2D eigenvalue weighted by Gasteiger charge is 2.34. The molecule has 0 amide bonds. The van der Waals surface area contributed by atoms with E-state index in [0.717, 1.165) is 19.5 Å². The predicted octanol–water partition coefficient (Wildman–Crippen LogP) is 4.68. The zero-order chi connectivity index (χ0) is 16.9. The van der Waals surface area contributed by atoms with Crippen LogP contribution in [0.15, 0.2) is 24.3 Å². The van der Waals surface area contributed by atoms with Crippen LogP contribution in [0.2, 0.25) is 0 Å². The average Bonchev–Trinajstić information content (AvgIpc) is 2.90. The van der Waals surface area contributed by atoms with E-state index in [2.05, 4.69) is 43.0 Å². The molecule has 0 saturated heterocycles. The second-order valence-corrected chi connectivity index (χ2v) is 8.69. The molecular weight excluding hydrogens is 309 g/mol. The molecular formula is C18H30NO3P. The molecule has 130 valence electrons. The second kappa shape index (κ2) is 8.43. The fraction of sp³-hybridized carbons (Fsp3) is 0.667. The maximum absolute atomic E-state index is 13.0. The van der Waals surface area contributed by atoms with E-state index in [9.17, 15) is 4.57 Å². The highest BCUT2D eigenvalue weighted by Crippen LogP contribution is 2.50. The summed E-state index contributed by atoms with van der Waals surface area (Å²) in [6, 6.07) is 8.76. The number of benzene rings is 1. The first-order valence-electron chi connectivity index (χ1n) is 8.66. The Labute approximate surface area is 140 Å². The predicted molar refractivity (Wildman–Crippen MR) is 94.7 cm³/mol. The Kier molecular flexibility index (Phi) is 6.84. The summed E-state index contributed by atoms with van der Waals surface area (Å²) in [4.78, 5) is 2.43. The van der Waals surface area contributed by atoms with E-state index in [4.69, 9.17) is 9.05 Å². The zero-order valence-electron chi connectivity index (χ0n) is 14.8. The third-order valence-electron chi connectivity index (χ3n) is 4.21. The summed E-state index contributed by atoms with van der Waals surface area (Å²) in [5, 5.41) is 0. The van der Waals surface area contributed by atoms with Crippen molar-refractivity contribution in [3.63, 3.8) is 0 Å². The van der Waals surface area contributed by atoms with Gasteiger partial charge in [-0.1, -0.05) is 38.1 Å². The topological polar surface area (TPSA) is 38.8 Å². The molecule has 0 radical (unpaired) electrons. The summed E-state index contributed by atoms with van der Waals surface area (Å²) >= 11 is 0. The minimum absolute atomic E-state index is 0.214. The first-order chi connectivity index (χ1) is 11.0. The third-order valence-corrected chi connectivity index (χ3v) is 6.38. The standard InChI is InChI=1S/C18H30NO3P/c1-5-21-23(20,22-6-2)14-18(11-15(3)4)19-12-16-9-7-8-10-17(16)13-19/h7-10,15,18H,5-6,11-14H2,1-4H3/t18-/m1/s1. The highest BCUT2D eigenvalue weighted by atomic mass is 31.2. The van der Waals surface area contributed by atoms with Crippen LogP contribution in [0, 0.1) is 5.92 Å². The third kappa shape index (κ3) is 5.15. The van der Waals surface area contributed by atoms with E-state index in [-0.39, 0.29) is 6.04 Å². The van der Waals surface area contributed by atoms with Crippen molar-refractivity contribution in [3.05, 3.63) is 35.4 Å². The number of rotatable bonds is 9. The molecule has 0 unspecified atom stereocenters. The van der Waals surface area contributed by atoms with Crippen LogP contribution in [0.1, 0.15) is 45.2 Å². The number of nitrogens with zero attached hydrogens (tertiary/aromatic N) is 1. The summed E-state index contributed by atoms with van der Waals surface area (Å²) in [6.45, 7) is 10.9. The molecule has 23 heavy (non-hydrogen) atoms. The van der Waals surface area contributed by atoms with Crippen molar-refractivity contribution in [3.8, 4) is 0 Å². The van der Waals surface area contributed by atoms with Gasteiger partial charge in [-0.3, -0.25) is 9.46 Å². The van der Waals surface area contributed by atoms with Crippen molar-refractivity contribution in [1.82, 2.24) is 4.90 Å². The molecule has 0 fully saturated rings. The van der Waals surface area contributed by atoms with Crippen LogP contribution < -0.4 is 0 Å². The van der Waals surface area contributed by atoms with Crippen LogP contribution in [0.25, 0.3) is 0 Å². The zero-order valence-corrected chi connectivity index (χ0v) is 15.7. The Morgan fingerprint density at radius 2 is 1.61 bits per heavy atom. The van der Waals surface area contributed by atoms with E-state index in [0.29, 0.717) is 25.3 Å². The lowest BCUT2D eigenvalue weighted by Crippen LogP contribution is -2.35. The first-order valence-corrected chi connectivity index (χ1v) is 10.4. The molecule has 1 atom stereocenters. The van der Waals surface area contributed by atoms with E-state index >= 15 is 0 Å². The van der Waals surface area contributed by atoms with Gasteiger partial charge in [0.05, 0.1) is 19.4 Å². The van der Waals surface area contributed by atoms with Crippen LogP contribution in [0.3, 0.4) is 0 Å². The van der Waals surface area contributed by atoms with E-state index in [1.54, 1.807) is 0 Å². The van der Waals surface area contributed by atoms with Crippen molar-refractivity contribution in [2.75, 3.05) is 19.4 Å². The van der Waals surface area contributed by atoms with Gasteiger partial charge < -0.3 is 9.05 Å². The molecule has 1 aliphatic heterocycles. The molecule has 0 aromatic heterocycles. The summed E-state index contributed by atoms with van der Waals surface area (Å²) in [6.07, 6.45) is 1.47. The van der Waals surface area contributed by atoms with Crippen molar-refractivity contribution < 1.29 is 13.6 Å². The van der Waals surface area contributed by atoms with Crippen molar-refractivity contribution in [1.29, 1.82) is 0 Å². The van der Waals surface area contributed by atoms with Crippen molar-refractivity contribution >= 4 is 7.60 Å². The number of fused-ring (bicyclic) bond motifs is 1.